The lowest BCUT2D eigenvalue weighted by Gasteiger charge is -2.49. The van der Waals surface area contributed by atoms with Gasteiger partial charge < -0.3 is 15.0 Å². The van der Waals surface area contributed by atoms with Crippen molar-refractivity contribution in [3.05, 3.63) is 54.1 Å². The van der Waals surface area contributed by atoms with E-state index in [4.69, 9.17) is 4.74 Å². The zero-order chi connectivity index (χ0) is 20.6. The third kappa shape index (κ3) is 2.85. The van der Waals surface area contributed by atoms with Crippen LogP contribution in [0.25, 0.3) is 0 Å². The Morgan fingerprint density at radius 2 is 1.97 bits per heavy atom. The molecule has 4 rings (SSSR count). The minimum atomic E-state index is -1.37. The summed E-state index contributed by atoms with van der Waals surface area (Å²) >= 11 is 0. The Bertz CT molecular complexity index is 990. The Morgan fingerprint density at radius 3 is 2.72 bits per heavy atom. The highest BCUT2D eigenvalue weighted by Crippen LogP contribution is 2.45. The average Bonchev–Trinajstić information content (AvgIpc) is 3.09. The first-order chi connectivity index (χ1) is 14.0. The number of hydrogen-bond donors (Lipinski definition) is 1. The summed E-state index contributed by atoms with van der Waals surface area (Å²) in [6.45, 7) is 2.32. The second kappa shape index (κ2) is 7.24. The summed E-state index contributed by atoms with van der Waals surface area (Å²) in [5.41, 5.74) is 0.113. The van der Waals surface area contributed by atoms with E-state index in [9.17, 15) is 14.4 Å². The summed E-state index contributed by atoms with van der Waals surface area (Å²) in [7, 11) is 1.55. The van der Waals surface area contributed by atoms with Crippen LogP contribution < -0.4 is 15.0 Å². The van der Waals surface area contributed by atoms with Crippen molar-refractivity contribution < 1.29 is 19.1 Å². The maximum absolute atomic E-state index is 13.6. The molecule has 0 bridgehead atoms. The molecule has 29 heavy (non-hydrogen) atoms. The number of carbonyl (C=O) groups excluding carboxylic acids is 3. The van der Waals surface area contributed by atoms with E-state index in [0.717, 1.165) is 0 Å². The Kier molecular flexibility index (Phi) is 4.74. The first-order valence-corrected chi connectivity index (χ1v) is 9.72. The van der Waals surface area contributed by atoms with Crippen molar-refractivity contribution in [2.24, 2.45) is 0 Å². The van der Waals surface area contributed by atoms with Crippen molar-refractivity contribution in [3.63, 3.8) is 0 Å². The van der Waals surface area contributed by atoms with Gasteiger partial charge in [-0.2, -0.15) is 0 Å². The third-order valence-corrected chi connectivity index (χ3v) is 5.51. The number of fused-ring (bicyclic) bond motifs is 3. The van der Waals surface area contributed by atoms with E-state index in [1.807, 2.05) is 6.92 Å². The van der Waals surface area contributed by atoms with Crippen LogP contribution in [0.1, 0.15) is 36.5 Å². The fraction of sp³-hybridized carbons (Fsp3) is 0.318. The van der Waals surface area contributed by atoms with Crippen LogP contribution in [0.4, 0.5) is 11.4 Å². The SMILES string of the molecule is CCCN1C(=O)c2ccccc2N2C(=O)CC[C@@]12C(=O)Nc1cccc(OC)c1. The van der Waals surface area contributed by atoms with Crippen LogP contribution in [0.5, 0.6) is 5.75 Å². The quantitative estimate of drug-likeness (QED) is 0.847. The molecule has 0 radical (unpaired) electrons. The van der Waals surface area contributed by atoms with Gasteiger partial charge in [-0.15, -0.1) is 0 Å². The highest BCUT2D eigenvalue weighted by Gasteiger charge is 2.60. The van der Waals surface area contributed by atoms with Crippen LogP contribution in [-0.2, 0) is 9.59 Å². The molecule has 7 heteroatoms. The van der Waals surface area contributed by atoms with Crippen molar-refractivity contribution in [2.45, 2.75) is 31.8 Å². The highest BCUT2D eigenvalue weighted by molar-refractivity contribution is 6.18. The molecular formula is C22H23N3O4. The number of ether oxygens (including phenoxy) is 1. The maximum atomic E-state index is 13.6. The molecule has 1 atom stereocenters. The van der Waals surface area contributed by atoms with E-state index in [-0.39, 0.29) is 24.7 Å². The van der Waals surface area contributed by atoms with Crippen LogP contribution in [0.3, 0.4) is 0 Å². The third-order valence-electron chi connectivity index (χ3n) is 5.51. The number of hydrogen-bond acceptors (Lipinski definition) is 4. The van der Waals surface area contributed by atoms with Gasteiger partial charge in [0.2, 0.25) is 11.6 Å². The standard InChI is InChI=1S/C22H23N3O4/c1-3-13-24-20(27)17-9-4-5-10-18(17)25-19(26)11-12-22(24,25)21(28)23-15-7-6-8-16(14-15)29-2/h4-10,14H,3,11-13H2,1-2H3,(H,23,28)/t22-/m1/s1. The second-order valence-corrected chi connectivity index (χ2v) is 7.21. The van der Waals surface area contributed by atoms with Crippen molar-refractivity contribution in [1.29, 1.82) is 0 Å². The largest absolute Gasteiger partial charge is 0.497 e. The molecule has 7 nitrogen and oxygen atoms in total. The number of benzene rings is 2. The number of nitrogens with one attached hydrogen (secondary N) is 1. The predicted molar refractivity (Wildman–Crippen MR) is 109 cm³/mol. The molecule has 2 aliphatic heterocycles. The molecule has 1 N–H and O–H groups in total. The molecule has 150 valence electrons. The van der Waals surface area contributed by atoms with E-state index in [1.165, 1.54) is 4.90 Å². The van der Waals surface area contributed by atoms with E-state index >= 15 is 0 Å². The summed E-state index contributed by atoms with van der Waals surface area (Å²) in [6.07, 6.45) is 1.12. The molecule has 2 heterocycles. The predicted octanol–water partition coefficient (Wildman–Crippen LogP) is 3.02. The summed E-state index contributed by atoms with van der Waals surface area (Å²) < 4.78 is 5.23. The van der Waals surface area contributed by atoms with Crippen LogP contribution in [0.2, 0.25) is 0 Å². The van der Waals surface area contributed by atoms with E-state index < -0.39 is 11.6 Å². The van der Waals surface area contributed by atoms with Gasteiger partial charge in [0, 0.05) is 31.1 Å². The summed E-state index contributed by atoms with van der Waals surface area (Å²) in [6, 6.07) is 14.0. The van der Waals surface area contributed by atoms with E-state index in [2.05, 4.69) is 5.32 Å². The van der Waals surface area contributed by atoms with Gasteiger partial charge in [0.15, 0.2) is 0 Å². The van der Waals surface area contributed by atoms with Crippen molar-refractivity contribution in [3.8, 4) is 5.75 Å². The molecule has 2 aromatic rings. The molecule has 0 unspecified atom stereocenters. The number of amides is 3. The number of methoxy groups -OCH3 is 1. The number of para-hydroxylation sites is 1. The van der Waals surface area contributed by atoms with Gasteiger partial charge >= 0.3 is 0 Å². The highest BCUT2D eigenvalue weighted by atomic mass is 16.5. The zero-order valence-corrected chi connectivity index (χ0v) is 16.5. The van der Waals surface area contributed by atoms with Gasteiger partial charge in [0.1, 0.15) is 5.75 Å². The minimum absolute atomic E-state index is 0.160. The lowest BCUT2D eigenvalue weighted by Crippen LogP contribution is -2.69. The lowest BCUT2D eigenvalue weighted by molar-refractivity contribution is -0.128. The van der Waals surface area contributed by atoms with Gasteiger partial charge in [-0.1, -0.05) is 25.1 Å². The van der Waals surface area contributed by atoms with E-state index in [0.29, 0.717) is 35.7 Å². The Morgan fingerprint density at radius 1 is 1.17 bits per heavy atom. The van der Waals surface area contributed by atoms with Crippen molar-refractivity contribution >= 4 is 29.1 Å². The number of carbonyl (C=O) groups is 3. The van der Waals surface area contributed by atoms with Crippen LogP contribution >= 0.6 is 0 Å². The van der Waals surface area contributed by atoms with Crippen LogP contribution in [-0.4, -0.2) is 41.9 Å². The van der Waals surface area contributed by atoms with Gasteiger partial charge in [-0.25, -0.2) is 0 Å². The van der Waals surface area contributed by atoms with Gasteiger partial charge in [0.25, 0.3) is 11.8 Å². The monoisotopic (exact) mass is 393 g/mol. The molecule has 1 fully saturated rings. The average molecular weight is 393 g/mol. The van der Waals surface area contributed by atoms with Gasteiger partial charge in [-0.3, -0.25) is 19.3 Å². The van der Waals surface area contributed by atoms with Gasteiger partial charge in [-0.05, 0) is 30.7 Å². The molecule has 0 aromatic heterocycles. The second-order valence-electron chi connectivity index (χ2n) is 7.21. The van der Waals surface area contributed by atoms with Crippen LogP contribution in [0.15, 0.2) is 48.5 Å². The Labute approximate surface area is 169 Å². The molecule has 0 spiro atoms. The summed E-state index contributed by atoms with van der Waals surface area (Å²) in [5.74, 6) is -0.177. The van der Waals surface area contributed by atoms with Crippen LogP contribution in [0, 0.1) is 0 Å². The van der Waals surface area contributed by atoms with Crippen molar-refractivity contribution in [2.75, 3.05) is 23.9 Å². The fourth-order valence-electron chi connectivity index (χ4n) is 4.24. The molecule has 0 saturated carbocycles. The number of anilines is 2. The molecule has 3 amide bonds. The number of nitrogens with zero attached hydrogens (tertiary/aromatic N) is 2. The Balaban J connectivity index is 1.82. The summed E-state index contributed by atoms with van der Waals surface area (Å²) in [5, 5.41) is 2.90. The van der Waals surface area contributed by atoms with E-state index in [1.54, 1.807) is 60.5 Å². The molecular weight excluding hydrogens is 370 g/mol. The van der Waals surface area contributed by atoms with Gasteiger partial charge in [0.05, 0.1) is 18.4 Å². The zero-order valence-electron chi connectivity index (χ0n) is 16.5. The lowest BCUT2D eigenvalue weighted by atomic mass is 9.95. The summed E-state index contributed by atoms with van der Waals surface area (Å²) in [4.78, 5) is 42.9. The van der Waals surface area contributed by atoms with Crippen molar-refractivity contribution in [1.82, 2.24) is 4.90 Å². The maximum Gasteiger partial charge on any atom is 0.271 e. The Hall–Kier alpha value is -3.35. The molecule has 1 saturated heterocycles. The molecule has 2 aliphatic rings. The smallest absolute Gasteiger partial charge is 0.271 e. The molecule has 0 aliphatic carbocycles. The molecule has 2 aromatic carbocycles. The minimum Gasteiger partial charge on any atom is -0.497 e. The normalized spacial score (nSPS) is 20.3. The fourth-order valence-corrected chi connectivity index (χ4v) is 4.24. The first kappa shape index (κ1) is 19.0. The number of rotatable bonds is 5. The first-order valence-electron chi connectivity index (χ1n) is 9.72. The topological polar surface area (TPSA) is 79.0 Å².